The number of nitrogens with zero attached hydrogens (tertiary/aromatic N) is 1. The Morgan fingerprint density at radius 1 is 1.47 bits per heavy atom. The molecule has 0 heterocycles. The molecule has 8 nitrogen and oxygen atoms in total. The molecule has 0 aliphatic heterocycles. The number of rotatable bonds is 7. The van der Waals surface area contributed by atoms with E-state index in [4.69, 9.17) is 9.84 Å². The fourth-order valence-corrected chi connectivity index (χ4v) is 2.61. The molecule has 1 aromatic rings. The van der Waals surface area contributed by atoms with Crippen LogP contribution < -0.4 is 9.46 Å². The average molecular weight is 290 g/mol. The first kappa shape index (κ1) is 15.3. The minimum absolute atomic E-state index is 0.0158. The van der Waals surface area contributed by atoms with Crippen LogP contribution in [0.4, 0.5) is 5.69 Å². The SMILES string of the molecule is COc1ccc([N+](=O)[O-])cc1S(=O)(=O)NCCCO. The van der Waals surface area contributed by atoms with Gasteiger partial charge in [-0.15, -0.1) is 0 Å². The van der Waals surface area contributed by atoms with Gasteiger partial charge in [-0.05, 0) is 12.5 Å². The summed E-state index contributed by atoms with van der Waals surface area (Å²) in [6.45, 7) is -0.126. The zero-order chi connectivity index (χ0) is 14.5. The first-order valence-corrected chi connectivity index (χ1v) is 6.83. The van der Waals surface area contributed by atoms with Crippen LogP contribution in [0.5, 0.6) is 5.75 Å². The van der Waals surface area contributed by atoms with Crippen LogP contribution in [0.2, 0.25) is 0 Å². The van der Waals surface area contributed by atoms with Gasteiger partial charge in [0.2, 0.25) is 10.0 Å². The Bertz CT molecular complexity index is 557. The highest BCUT2D eigenvalue weighted by atomic mass is 32.2. The Labute approximate surface area is 110 Å². The lowest BCUT2D eigenvalue weighted by Crippen LogP contribution is -2.25. The third-order valence-electron chi connectivity index (χ3n) is 2.27. The average Bonchev–Trinajstić information content (AvgIpc) is 2.38. The van der Waals surface area contributed by atoms with E-state index >= 15 is 0 Å². The van der Waals surface area contributed by atoms with Crippen LogP contribution in [0.15, 0.2) is 23.1 Å². The maximum atomic E-state index is 12.0. The second-order valence-corrected chi connectivity index (χ2v) is 5.30. The van der Waals surface area contributed by atoms with Gasteiger partial charge in [-0.2, -0.15) is 0 Å². The van der Waals surface area contributed by atoms with Crippen molar-refractivity contribution in [2.45, 2.75) is 11.3 Å². The van der Waals surface area contributed by atoms with Crippen molar-refractivity contribution in [1.82, 2.24) is 4.72 Å². The molecule has 0 unspecified atom stereocenters. The number of sulfonamides is 1. The van der Waals surface area contributed by atoms with E-state index in [-0.39, 0.29) is 35.9 Å². The molecule has 106 valence electrons. The van der Waals surface area contributed by atoms with Crippen LogP contribution in [-0.2, 0) is 10.0 Å². The minimum Gasteiger partial charge on any atom is -0.495 e. The van der Waals surface area contributed by atoms with E-state index in [1.165, 1.54) is 13.2 Å². The topological polar surface area (TPSA) is 119 Å². The number of nitro benzene ring substituents is 1. The molecule has 0 aliphatic carbocycles. The van der Waals surface area contributed by atoms with Gasteiger partial charge in [0.1, 0.15) is 10.6 Å². The molecule has 0 fully saturated rings. The van der Waals surface area contributed by atoms with E-state index in [0.717, 1.165) is 12.1 Å². The Morgan fingerprint density at radius 2 is 2.16 bits per heavy atom. The van der Waals surface area contributed by atoms with Gasteiger partial charge >= 0.3 is 0 Å². The van der Waals surface area contributed by atoms with Gasteiger partial charge in [0.25, 0.3) is 5.69 Å². The fourth-order valence-electron chi connectivity index (χ4n) is 1.35. The molecule has 0 aromatic heterocycles. The largest absolute Gasteiger partial charge is 0.495 e. The van der Waals surface area contributed by atoms with E-state index < -0.39 is 14.9 Å². The van der Waals surface area contributed by atoms with Crippen LogP contribution in [0, 0.1) is 10.1 Å². The highest BCUT2D eigenvalue weighted by Crippen LogP contribution is 2.27. The number of benzene rings is 1. The molecule has 0 spiro atoms. The Hall–Kier alpha value is -1.71. The minimum atomic E-state index is -3.92. The molecule has 0 radical (unpaired) electrons. The molecule has 0 aliphatic rings. The Balaban J connectivity index is 3.15. The normalized spacial score (nSPS) is 11.3. The maximum absolute atomic E-state index is 12.0. The standard InChI is InChI=1S/C10H14N2O6S/c1-18-9-4-3-8(12(14)15)7-10(9)19(16,17)11-5-2-6-13/h3-4,7,11,13H,2,5-6H2,1H3. The Morgan fingerprint density at radius 3 is 2.68 bits per heavy atom. The summed E-state index contributed by atoms with van der Waals surface area (Å²) in [5, 5.41) is 19.3. The van der Waals surface area contributed by atoms with Crippen LogP contribution in [-0.4, -0.2) is 38.7 Å². The zero-order valence-electron chi connectivity index (χ0n) is 10.2. The van der Waals surface area contributed by atoms with Crippen molar-refractivity contribution in [1.29, 1.82) is 0 Å². The first-order valence-electron chi connectivity index (χ1n) is 5.35. The van der Waals surface area contributed by atoms with Gasteiger partial charge in [-0.1, -0.05) is 0 Å². The maximum Gasteiger partial charge on any atom is 0.271 e. The molecular formula is C10H14N2O6S. The Kier molecular flexibility index (Phi) is 5.21. The fraction of sp³-hybridized carbons (Fsp3) is 0.400. The third kappa shape index (κ3) is 3.88. The lowest BCUT2D eigenvalue weighted by molar-refractivity contribution is -0.385. The van der Waals surface area contributed by atoms with E-state index in [2.05, 4.69) is 4.72 Å². The van der Waals surface area contributed by atoms with Crippen molar-refractivity contribution in [2.75, 3.05) is 20.3 Å². The molecule has 0 saturated heterocycles. The molecule has 9 heteroatoms. The number of non-ortho nitro benzene ring substituents is 1. The molecule has 0 amide bonds. The number of aliphatic hydroxyl groups excluding tert-OH is 1. The molecule has 1 aromatic carbocycles. The number of nitrogens with one attached hydrogen (secondary N) is 1. The van der Waals surface area contributed by atoms with Crippen molar-refractivity contribution in [3.63, 3.8) is 0 Å². The number of nitro groups is 1. The predicted molar refractivity (Wildman–Crippen MR) is 66.5 cm³/mol. The van der Waals surface area contributed by atoms with E-state index in [0.29, 0.717) is 0 Å². The van der Waals surface area contributed by atoms with Gasteiger partial charge in [0.05, 0.1) is 12.0 Å². The van der Waals surface area contributed by atoms with Gasteiger partial charge < -0.3 is 9.84 Å². The smallest absolute Gasteiger partial charge is 0.271 e. The van der Waals surface area contributed by atoms with Crippen molar-refractivity contribution >= 4 is 15.7 Å². The van der Waals surface area contributed by atoms with E-state index in [1.807, 2.05) is 0 Å². The summed E-state index contributed by atoms with van der Waals surface area (Å²) in [6, 6.07) is 3.31. The van der Waals surface area contributed by atoms with Crippen LogP contribution in [0.1, 0.15) is 6.42 Å². The molecule has 19 heavy (non-hydrogen) atoms. The number of ether oxygens (including phenoxy) is 1. The summed E-state index contributed by atoms with van der Waals surface area (Å²) in [7, 11) is -2.65. The zero-order valence-corrected chi connectivity index (χ0v) is 11.0. The quantitative estimate of drug-likeness (QED) is 0.422. The van der Waals surface area contributed by atoms with Crippen molar-refractivity contribution in [3.8, 4) is 5.75 Å². The van der Waals surface area contributed by atoms with Crippen LogP contribution in [0.3, 0.4) is 0 Å². The number of hydrogen-bond acceptors (Lipinski definition) is 6. The number of aliphatic hydroxyl groups is 1. The van der Waals surface area contributed by atoms with Gasteiger partial charge in [-0.25, -0.2) is 13.1 Å². The molecule has 0 bridgehead atoms. The number of hydrogen-bond donors (Lipinski definition) is 2. The number of methoxy groups -OCH3 is 1. The van der Waals surface area contributed by atoms with Crippen molar-refractivity contribution in [2.24, 2.45) is 0 Å². The van der Waals surface area contributed by atoms with Gasteiger partial charge in [0.15, 0.2) is 0 Å². The predicted octanol–water partition coefficient (Wildman–Crippen LogP) is 0.264. The molecule has 1 rings (SSSR count). The second kappa shape index (κ2) is 6.45. The summed E-state index contributed by atoms with van der Waals surface area (Å²) in [6.07, 6.45) is 0.247. The summed E-state index contributed by atoms with van der Waals surface area (Å²) in [4.78, 5) is 9.66. The molecular weight excluding hydrogens is 276 g/mol. The lowest BCUT2D eigenvalue weighted by Gasteiger charge is -2.10. The summed E-state index contributed by atoms with van der Waals surface area (Å²) in [5.41, 5.74) is -0.344. The molecule has 2 N–H and O–H groups in total. The van der Waals surface area contributed by atoms with Crippen LogP contribution >= 0.6 is 0 Å². The molecule has 0 atom stereocenters. The van der Waals surface area contributed by atoms with Crippen molar-refractivity contribution < 1.29 is 23.2 Å². The van der Waals surface area contributed by atoms with Crippen molar-refractivity contribution in [3.05, 3.63) is 28.3 Å². The monoisotopic (exact) mass is 290 g/mol. The van der Waals surface area contributed by atoms with E-state index in [9.17, 15) is 18.5 Å². The van der Waals surface area contributed by atoms with Crippen LogP contribution in [0.25, 0.3) is 0 Å². The molecule has 0 saturated carbocycles. The highest BCUT2D eigenvalue weighted by Gasteiger charge is 2.22. The second-order valence-electron chi connectivity index (χ2n) is 3.57. The van der Waals surface area contributed by atoms with Gasteiger partial charge in [-0.3, -0.25) is 10.1 Å². The first-order chi connectivity index (χ1) is 8.92. The summed E-state index contributed by atoms with van der Waals surface area (Å²) in [5.74, 6) is 0.0158. The van der Waals surface area contributed by atoms with Gasteiger partial charge in [0, 0.05) is 25.3 Å². The van der Waals surface area contributed by atoms with E-state index in [1.54, 1.807) is 0 Å². The third-order valence-corrected chi connectivity index (χ3v) is 3.76. The highest BCUT2D eigenvalue weighted by molar-refractivity contribution is 7.89. The summed E-state index contributed by atoms with van der Waals surface area (Å²) < 4.78 is 31.0. The summed E-state index contributed by atoms with van der Waals surface area (Å²) >= 11 is 0. The lowest BCUT2D eigenvalue weighted by atomic mass is 10.3.